The predicted molar refractivity (Wildman–Crippen MR) is 153 cm³/mol. The number of rotatable bonds is 5. The predicted octanol–water partition coefficient (Wildman–Crippen LogP) is 1.25. The Bertz CT molecular complexity index is 1350. The Kier molecular flexibility index (Phi) is 9.20. The number of halogens is 2. The minimum Gasteiger partial charge on any atom is -1.00 e. The molecule has 0 radical (unpaired) electrons. The van der Waals surface area contributed by atoms with Gasteiger partial charge in [-0.25, -0.2) is 0 Å². The van der Waals surface area contributed by atoms with E-state index in [0.717, 1.165) is 0 Å². The van der Waals surface area contributed by atoms with E-state index in [1.807, 2.05) is 0 Å². The minimum atomic E-state index is -2.58. The first kappa shape index (κ1) is 29.0. The van der Waals surface area contributed by atoms with Gasteiger partial charge in [-0.15, -0.1) is 0 Å². The molecule has 2 aliphatic carbocycles. The van der Waals surface area contributed by atoms with E-state index in [-0.39, 0.29) is 30.2 Å². The van der Waals surface area contributed by atoms with E-state index in [9.17, 15) is 0 Å². The van der Waals surface area contributed by atoms with Gasteiger partial charge in [0, 0.05) is 0 Å². The van der Waals surface area contributed by atoms with E-state index < -0.39 is 26.6 Å². The molecule has 4 heteroatoms. The zero-order valence-electron chi connectivity index (χ0n) is 22.1. The van der Waals surface area contributed by atoms with Crippen molar-refractivity contribution < 1.29 is 45.4 Å². The van der Waals surface area contributed by atoms with Crippen LogP contribution in [0.3, 0.4) is 0 Å². The van der Waals surface area contributed by atoms with E-state index >= 15 is 0 Å². The van der Waals surface area contributed by atoms with Crippen LogP contribution in [-0.2, 0) is 20.6 Å². The fourth-order valence-electron chi connectivity index (χ4n) is 6.15. The summed E-state index contributed by atoms with van der Waals surface area (Å²) in [4.78, 5) is 0. The summed E-state index contributed by atoms with van der Waals surface area (Å²) in [6, 6.07) is 41.8. The van der Waals surface area contributed by atoms with E-state index in [0.29, 0.717) is 7.35 Å². The molecule has 0 fully saturated rings. The van der Waals surface area contributed by atoms with Gasteiger partial charge >= 0.3 is 226 Å². The van der Waals surface area contributed by atoms with Crippen LogP contribution in [0.15, 0.2) is 133 Å². The average molecular weight is 719 g/mol. The molecule has 0 heterocycles. The van der Waals surface area contributed by atoms with Crippen LogP contribution in [0.1, 0.15) is 35.6 Å². The number of fused-ring (bicyclic) bond motifs is 3. The first-order valence-corrected chi connectivity index (χ1v) is 25.2. The van der Waals surface area contributed by atoms with Crippen molar-refractivity contribution >= 4 is 16.4 Å². The number of hydrogen-bond acceptors (Lipinski definition) is 0. The van der Waals surface area contributed by atoms with Gasteiger partial charge in [0.25, 0.3) is 0 Å². The molecule has 2 aliphatic rings. The van der Waals surface area contributed by atoms with Crippen LogP contribution in [0.4, 0.5) is 0 Å². The Hall–Kier alpha value is -1.97. The molecule has 0 amide bonds. The second-order valence-electron chi connectivity index (χ2n) is 11.1. The summed E-state index contributed by atoms with van der Waals surface area (Å²) in [7, 11) is 0. The molecule has 0 spiro atoms. The summed E-state index contributed by atoms with van der Waals surface area (Å²) in [5, 5.41) is 3.25. The van der Waals surface area contributed by atoms with E-state index in [4.69, 9.17) is 0 Å². The van der Waals surface area contributed by atoms with Gasteiger partial charge in [0.2, 0.25) is 0 Å². The minimum absolute atomic E-state index is 0. The third-order valence-corrected chi connectivity index (χ3v) is 39.6. The molecular formula is C34H33Cl2HfSi. The van der Waals surface area contributed by atoms with Gasteiger partial charge < -0.3 is 24.8 Å². The molecule has 0 aromatic heterocycles. The number of benzene rings is 4. The fraction of sp³-hybridized carbons (Fsp3) is 0.176. The van der Waals surface area contributed by atoms with Gasteiger partial charge in [0.05, 0.1) is 0 Å². The zero-order valence-corrected chi connectivity index (χ0v) is 28.4. The van der Waals surface area contributed by atoms with Crippen molar-refractivity contribution in [3.8, 4) is 11.1 Å². The van der Waals surface area contributed by atoms with Gasteiger partial charge in [-0.3, -0.25) is 0 Å². The molecule has 6 rings (SSSR count). The SMILES string of the molecule is CC(C)(C)C1=C[CH]([Hf+2]([CH]2c3ccccc3-c3ccccc32)[SiH](c2ccccc2)c2ccccc2)C=C1.[Cl-].[Cl-]. The summed E-state index contributed by atoms with van der Waals surface area (Å²) in [5.41, 5.74) is 7.83. The van der Waals surface area contributed by atoms with Crippen LogP contribution in [0, 0.1) is 5.41 Å². The van der Waals surface area contributed by atoms with E-state index in [1.54, 1.807) is 21.5 Å². The summed E-state index contributed by atoms with van der Waals surface area (Å²) < 4.78 is 1.20. The molecule has 4 aromatic rings. The molecule has 1 unspecified atom stereocenters. The Morgan fingerprint density at radius 3 is 1.50 bits per heavy atom. The van der Waals surface area contributed by atoms with E-state index in [2.05, 4.69) is 148 Å². The van der Waals surface area contributed by atoms with Gasteiger partial charge in [-0.05, 0) is 0 Å². The van der Waals surface area contributed by atoms with Gasteiger partial charge in [-0.2, -0.15) is 0 Å². The normalized spacial score (nSPS) is 15.8. The summed E-state index contributed by atoms with van der Waals surface area (Å²) in [6.45, 7) is 7.08. The number of hydrogen-bond donors (Lipinski definition) is 0. The second-order valence-corrected chi connectivity index (χ2v) is 33.1. The molecule has 0 N–H and O–H groups in total. The quantitative estimate of drug-likeness (QED) is 0.273. The Balaban J connectivity index is 0.00000168. The van der Waals surface area contributed by atoms with Crippen LogP contribution >= 0.6 is 0 Å². The first-order valence-electron chi connectivity index (χ1n) is 13.1. The summed E-state index contributed by atoms with van der Waals surface area (Å²) in [6.07, 6.45) is 7.76. The molecule has 0 nitrogen and oxygen atoms in total. The smallest absolute Gasteiger partial charge is 1.00 e. The molecule has 38 heavy (non-hydrogen) atoms. The fourth-order valence-corrected chi connectivity index (χ4v) is 42.3. The Labute approximate surface area is 248 Å². The van der Waals surface area contributed by atoms with Crippen LogP contribution in [0.25, 0.3) is 11.1 Å². The summed E-state index contributed by atoms with van der Waals surface area (Å²) >= 11 is -2.58. The van der Waals surface area contributed by atoms with Crippen molar-refractivity contribution in [3.63, 3.8) is 0 Å². The van der Waals surface area contributed by atoms with Crippen LogP contribution < -0.4 is 35.2 Å². The van der Waals surface area contributed by atoms with Crippen molar-refractivity contribution in [1.82, 2.24) is 0 Å². The van der Waals surface area contributed by atoms with Crippen molar-refractivity contribution in [1.29, 1.82) is 0 Å². The maximum atomic E-state index is 2.69. The molecule has 191 valence electrons. The Morgan fingerprint density at radius 2 is 1.05 bits per heavy atom. The van der Waals surface area contributed by atoms with Gasteiger partial charge in [-0.1, -0.05) is 0 Å². The van der Waals surface area contributed by atoms with Crippen molar-refractivity contribution in [3.05, 3.63) is 144 Å². The Morgan fingerprint density at radius 1 is 0.605 bits per heavy atom. The molecule has 1 atom stereocenters. The first-order chi connectivity index (χ1) is 17.5. The van der Waals surface area contributed by atoms with E-state index in [1.165, 1.54) is 16.7 Å². The summed E-state index contributed by atoms with van der Waals surface area (Å²) in [5.74, 6) is -1.45. The third-order valence-electron chi connectivity index (χ3n) is 7.86. The standard InChI is InChI=1S/C13H9.C12H11Si.C9H13.2ClH.Hf/c1-3-7-12-10(5-1)9-11-6-2-4-8-13(11)12;1-3-7-11(8-4-1)13-12-9-5-2-6-10-12;1-9(2,3)8-6-4-5-7-8;;;/h1-9H;1-10,13H;4-7H,1-3H3;2*1H;/q;;;;;+2/p-2. The molecule has 0 aliphatic heterocycles. The zero-order chi connectivity index (χ0) is 24.7. The molecule has 0 saturated heterocycles. The molecule has 4 aromatic carbocycles. The van der Waals surface area contributed by atoms with Gasteiger partial charge in [0.15, 0.2) is 0 Å². The van der Waals surface area contributed by atoms with Crippen LogP contribution in [0.5, 0.6) is 0 Å². The third kappa shape index (κ3) is 5.38. The maximum Gasteiger partial charge on any atom is -1.00 e. The second kappa shape index (κ2) is 12.0. The van der Waals surface area contributed by atoms with Crippen LogP contribution in [0.2, 0.25) is 3.67 Å². The topological polar surface area (TPSA) is 0 Å². The van der Waals surface area contributed by atoms with Gasteiger partial charge in [0.1, 0.15) is 0 Å². The maximum absolute atomic E-state index is 2.69. The molecule has 0 bridgehead atoms. The van der Waals surface area contributed by atoms with Crippen LogP contribution in [-0.4, -0.2) is 5.98 Å². The van der Waals surface area contributed by atoms with Crippen molar-refractivity contribution in [2.24, 2.45) is 5.41 Å². The number of allylic oxidation sites excluding steroid dienone is 4. The molecule has 0 saturated carbocycles. The van der Waals surface area contributed by atoms with Crippen molar-refractivity contribution in [2.75, 3.05) is 0 Å². The largest absolute Gasteiger partial charge is 1.00 e. The monoisotopic (exact) mass is 719 g/mol. The average Bonchev–Trinajstić information content (AvgIpc) is 3.52. The van der Waals surface area contributed by atoms with Crippen molar-refractivity contribution in [2.45, 2.75) is 28.1 Å². The molecular weight excluding hydrogens is 686 g/mol.